The number of β-lactam (4-membered cyclic amide) rings is 1. The fraction of sp³-hybridized carbons (Fsp3) is 0.526. The Hall–Kier alpha value is -2.46. The third-order valence-electron chi connectivity index (χ3n) is 5.60. The number of fused-ring (bicyclic) bond motifs is 1. The molecular weight excluding hydrogens is 390 g/mol. The molecule has 10 heteroatoms. The number of tetrazole rings is 1. The van der Waals surface area contributed by atoms with Gasteiger partial charge in [-0.1, -0.05) is 38.1 Å². The molecule has 2 fully saturated rings. The Balaban J connectivity index is 1.45. The highest BCUT2D eigenvalue weighted by molar-refractivity contribution is 8.01. The van der Waals surface area contributed by atoms with Gasteiger partial charge in [0.25, 0.3) is 0 Å². The number of rotatable bonds is 5. The lowest BCUT2D eigenvalue weighted by Crippen LogP contribution is -2.68. The third kappa shape index (κ3) is 3.29. The summed E-state index contributed by atoms with van der Waals surface area (Å²) in [6.07, 6.45) is 0. The van der Waals surface area contributed by atoms with Crippen molar-refractivity contribution in [1.82, 2.24) is 30.8 Å². The zero-order chi connectivity index (χ0) is 20.9. The molecule has 2 amide bonds. The average molecular weight is 416 g/mol. The average Bonchev–Trinajstić information content (AvgIpc) is 3.29. The fourth-order valence-electron chi connectivity index (χ4n) is 3.96. The van der Waals surface area contributed by atoms with E-state index in [1.807, 2.05) is 38.1 Å². The summed E-state index contributed by atoms with van der Waals surface area (Å²) in [5, 5.41) is 16.7. The van der Waals surface area contributed by atoms with Crippen LogP contribution in [0.5, 0.6) is 0 Å². The molecule has 1 aromatic heterocycles. The number of H-pyrrole nitrogens is 1. The van der Waals surface area contributed by atoms with Gasteiger partial charge in [-0.25, -0.2) is 5.10 Å². The van der Waals surface area contributed by atoms with Gasteiger partial charge in [-0.2, -0.15) is 0 Å². The lowest BCUT2D eigenvalue weighted by atomic mass is 9.95. The highest BCUT2D eigenvalue weighted by Gasteiger charge is 2.63. The van der Waals surface area contributed by atoms with Crippen LogP contribution < -0.4 is 11.1 Å². The van der Waals surface area contributed by atoms with E-state index in [1.165, 1.54) is 5.56 Å². The number of thioether (sulfide) groups is 1. The van der Waals surface area contributed by atoms with Crippen LogP contribution in [0.4, 0.5) is 0 Å². The predicted octanol–water partition coefficient (Wildman–Crippen LogP) is 1.24. The van der Waals surface area contributed by atoms with Crippen molar-refractivity contribution >= 4 is 23.6 Å². The van der Waals surface area contributed by atoms with Gasteiger partial charge >= 0.3 is 0 Å². The summed E-state index contributed by atoms with van der Waals surface area (Å²) in [5.41, 5.74) is 8.06. The first kappa shape index (κ1) is 19.8. The second-order valence-corrected chi connectivity index (χ2v) is 10.1. The number of benzene rings is 1. The van der Waals surface area contributed by atoms with Gasteiger partial charge in [0.1, 0.15) is 23.5 Å². The van der Waals surface area contributed by atoms with Crippen LogP contribution in [0.1, 0.15) is 62.6 Å². The summed E-state index contributed by atoms with van der Waals surface area (Å²) in [7, 11) is 0. The number of carbonyl (C=O) groups is 2. The van der Waals surface area contributed by atoms with Crippen LogP contribution in [0.3, 0.4) is 0 Å². The first-order chi connectivity index (χ1) is 13.7. The first-order valence-corrected chi connectivity index (χ1v) is 10.5. The predicted molar refractivity (Wildman–Crippen MR) is 109 cm³/mol. The van der Waals surface area contributed by atoms with Crippen molar-refractivity contribution in [3.63, 3.8) is 0 Å². The van der Waals surface area contributed by atoms with E-state index in [0.717, 1.165) is 5.56 Å². The van der Waals surface area contributed by atoms with Crippen LogP contribution in [0.2, 0.25) is 0 Å². The van der Waals surface area contributed by atoms with Gasteiger partial charge in [0.2, 0.25) is 11.8 Å². The Labute approximate surface area is 173 Å². The lowest BCUT2D eigenvalue weighted by Gasteiger charge is -2.44. The molecule has 3 unspecified atom stereocenters. The number of nitrogens with one attached hydrogen (secondary N) is 2. The van der Waals surface area contributed by atoms with Crippen molar-refractivity contribution < 1.29 is 9.59 Å². The highest BCUT2D eigenvalue weighted by Crippen LogP contribution is 2.56. The maximum absolute atomic E-state index is 12.8. The molecule has 154 valence electrons. The molecule has 2 aromatic rings. The van der Waals surface area contributed by atoms with Gasteiger partial charge in [0.15, 0.2) is 5.82 Å². The Morgan fingerprint density at radius 2 is 1.93 bits per heavy atom. The quantitative estimate of drug-likeness (QED) is 0.626. The maximum atomic E-state index is 12.8. The standard InChI is InChI=1S/C19H25N7O2S/c1-9(2)10-5-7-11(8-6-10)12(20)16(27)21-13-17(28)26-14(15-22-24-25-23-15)19(3,4)29-18(13)26/h5-9,12-14,18H,20H2,1-4H3,(H,21,27)(H,22,23,24,25)/t12?,13?,14?,18-/m0/s1. The SMILES string of the molecule is CC(C)c1ccc(C(N)C(=O)NC2C(=O)N3C(c4nnn[nH]4)C(C)(C)S[C@@H]23)cc1. The molecule has 4 N–H and O–H groups in total. The zero-order valence-electron chi connectivity index (χ0n) is 16.8. The van der Waals surface area contributed by atoms with Gasteiger partial charge in [0.05, 0.1) is 0 Å². The number of hydrogen-bond donors (Lipinski definition) is 3. The van der Waals surface area contributed by atoms with Crippen LogP contribution >= 0.6 is 11.8 Å². The molecule has 2 aliphatic rings. The second kappa shape index (κ2) is 7.10. The number of nitrogens with two attached hydrogens (primary N) is 1. The van der Waals surface area contributed by atoms with Gasteiger partial charge < -0.3 is 16.0 Å². The van der Waals surface area contributed by atoms with E-state index in [2.05, 4.69) is 39.8 Å². The zero-order valence-corrected chi connectivity index (χ0v) is 17.6. The van der Waals surface area contributed by atoms with E-state index in [9.17, 15) is 9.59 Å². The van der Waals surface area contributed by atoms with Crippen molar-refractivity contribution in [2.45, 2.75) is 61.9 Å². The van der Waals surface area contributed by atoms with E-state index in [-0.39, 0.29) is 28.0 Å². The molecule has 0 aliphatic carbocycles. The number of amides is 2. The number of nitrogens with zero attached hydrogens (tertiary/aromatic N) is 4. The van der Waals surface area contributed by atoms with Gasteiger partial charge in [-0.05, 0) is 41.3 Å². The minimum absolute atomic E-state index is 0.148. The number of carbonyl (C=O) groups excluding carboxylic acids is 2. The summed E-state index contributed by atoms with van der Waals surface area (Å²) >= 11 is 1.62. The molecule has 0 saturated carbocycles. The summed E-state index contributed by atoms with van der Waals surface area (Å²) < 4.78 is -0.296. The van der Waals surface area contributed by atoms with Crippen LogP contribution in [0.25, 0.3) is 0 Å². The minimum Gasteiger partial charge on any atom is -0.340 e. The molecule has 0 bridgehead atoms. The molecule has 9 nitrogen and oxygen atoms in total. The molecule has 1 aromatic carbocycles. The van der Waals surface area contributed by atoms with Crippen molar-refractivity contribution in [3.05, 3.63) is 41.2 Å². The van der Waals surface area contributed by atoms with Crippen LogP contribution in [0.15, 0.2) is 24.3 Å². The molecule has 2 aliphatic heterocycles. The van der Waals surface area contributed by atoms with Crippen molar-refractivity contribution in [1.29, 1.82) is 0 Å². The summed E-state index contributed by atoms with van der Waals surface area (Å²) in [5.74, 6) is 0.446. The van der Waals surface area contributed by atoms with Crippen LogP contribution in [0, 0.1) is 0 Å². The molecule has 29 heavy (non-hydrogen) atoms. The minimum atomic E-state index is -0.827. The van der Waals surface area contributed by atoms with Crippen molar-refractivity contribution in [2.24, 2.45) is 5.73 Å². The summed E-state index contributed by atoms with van der Waals surface area (Å²) in [6, 6.07) is 6.00. The van der Waals surface area contributed by atoms with Crippen molar-refractivity contribution in [2.75, 3.05) is 0 Å². The Morgan fingerprint density at radius 3 is 2.52 bits per heavy atom. The molecular formula is C19H25N7O2S. The molecule has 0 spiro atoms. The van der Waals surface area contributed by atoms with E-state index in [0.29, 0.717) is 11.7 Å². The van der Waals surface area contributed by atoms with E-state index < -0.39 is 12.1 Å². The summed E-state index contributed by atoms with van der Waals surface area (Å²) in [6.45, 7) is 8.30. The molecule has 2 saturated heterocycles. The van der Waals surface area contributed by atoms with E-state index in [4.69, 9.17) is 5.73 Å². The normalized spacial score (nSPS) is 26.2. The Kier molecular flexibility index (Phi) is 4.86. The molecule has 3 heterocycles. The summed E-state index contributed by atoms with van der Waals surface area (Å²) in [4.78, 5) is 27.3. The van der Waals surface area contributed by atoms with E-state index >= 15 is 0 Å². The van der Waals surface area contributed by atoms with Gasteiger partial charge in [-0.15, -0.1) is 16.9 Å². The topological polar surface area (TPSA) is 130 Å². The Morgan fingerprint density at radius 1 is 1.28 bits per heavy atom. The highest BCUT2D eigenvalue weighted by atomic mass is 32.2. The number of aromatic nitrogens is 4. The molecule has 0 radical (unpaired) electrons. The fourth-order valence-corrected chi connectivity index (χ4v) is 5.59. The van der Waals surface area contributed by atoms with Crippen LogP contribution in [-0.2, 0) is 9.59 Å². The third-order valence-corrected chi connectivity index (χ3v) is 7.18. The smallest absolute Gasteiger partial charge is 0.249 e. The van der Waals surface area contributed by atoms with Crippen molar-refractivity contribution in [3.8, 4) is 0 Å². The van der Waals surface area contributed by atoms with Gasteiger partial charge in [-0.3, -0.25) is 9.59 Å². The first-order valence-electron chi connectivity index (χ1n) is 9.60. The van der Waals surface area contributed by atoms with Crippen LogP contribution in [-0.4, -0.2) is 53.5 Å². The van der Waals surface area contributed by atoms with E-state index in [1.54, 1.807) is 16.7 Å². The Bertz CT molecular complexity index is 913. The number of aromatic amines is 1. The second-order valence-electron chi connectivity index (χ2n) is 8.33. The number of hydrogen-bond acceptors (Lipinski definition) is 7. The largest absolute Gasteiger partial charge is 0.340 e. The lowest BCUT2D eigenvalue weighted by molar-refractivity contribution is -0.152. The van der Waals surface area contributed by atoms with Gasteiger partial charge in [0, 0.05) is 4.75 Å². The monoisotopic (exact) mass is 415 g/mol. The molecule has 4 atom stereocenters. The maximum Gasteiger partial charge on any atom is 0.249 e. The molecule has 4 rings (SSSR count).